The van der Waals surface area contributed by atoms with E-state index in [0.29, 0.717) is 11.4 Å². The van der Waals surface area contributed by atoms with Crippen LogP contribution < -0.4 is 4.74 Å². The van der Waals surface area contributed by atoms with Crippen LogP contribution >= 0.6 is 0 Å². The molecule has 4 nitrogen and oxygen atoms in total. The first kappa shape index (κ1) is 33.5. The molecule has 2 aliphatic rings. The molecule has 0 bridgehead atoms. The van der Waals surface area contributed by atoms with E-state index in [1.807, 2.05) is 54.6 Å². The molecule has 0 saturated carbocycles. The summed E-state index contributed by atoms with van der Waals surface area (Å²) < 4.78 is 6.94. The third kappa shape index (κ3) is 5.15. The molecule has 1 aliphatic heterocycles. The highest BCUT2D eigenvalue weighted by Gasteiger charge is 2.52. The number of rotatable bonds is 5. The molecule has 270 valence electrons. The predicted octanol–water partition coefficient (Wildman–Crippen LogP) is 13.2. The molecule has 0 amide bonds. The van der Waals surface area contributed by atoms with Crippen LogP contribution in [0.3, 0.4) is 0 Å². The highest BCUT2D eigenvalue weighted by atomic mass is 16.5. The SMILES string of the molecule is N#Cc1ccc(-c2cccc3c2Oc2ccccc2C32c3ccccc3-c3c(-c4cc(-c5cccc(-c6ccccc6)c5)nc(-c5ccccc5)n4)cccc32)cc1. The van der Waals surface area contributed by atoms with E-state index in [4.69, 9.17) is 14.7 Å². The number of ether oxygens (including phenoxy) is 1. The molecule has 0 radical (unpaired) electrons. The topological polar surface area (TPSA) is 58.8 Å². The zero-order chi connectivity index (χ0) is 38.6. The van der Waals surface area contributed by atoms with E-state index in [0.717, 1.165) is 84.1 Å². The summed E-state index contributed by atoms with van der Waals surface area (Å²) in [4.78, 5) is 10.6. The lowest BCUT2D eigenvalue weighted by molar-refractivity contribution is 0.438. The van der Waals surface area contributed by atoms with E-state index in [9.17, 15) is 5.26 Å². The second-order valence-corrected chi connectivity index (χ2v) is 14.8. The minimum Gasteiger partial charge on any atom is -0.456 e. The number of aromatic nitrogens is 2. The van der Waals surface area contributed by atoms with Gasteiger partial charge in [-0.05, 0) is 69.3 Å². The monoisotopic (exact) mass is 739 g/mol. The van der Waals surface area contributed by atoms with E-state index >= 15 is 0 Å². The Labute approximate surface area is 337 Å². The van der Waals surface area contributed by atoms with Crippen LogP contribution in [0.15, 0.2) is 200 Å². The summed E-state index contributed by atoms with van der Waals surface area (Å²) in [6, 6.07) is 71.8. The van der Waals surface area contributed by atoms with Crippen molar-refractivity contribution in [1.82, 2.24) is 9.97 Å². The summed E-state index contributed by atoms with van der Waals surface area (Å²) in [5, 5.41) is 9.55. The van der Waals surface area contributed by atoms with Gasteiger partial charge in [0.1, 0.15) is 11.5 Å². The highest BCUT2D eigenvalue weighted by molar-refractivity contribution is 5.97. The van der Waals surface area contributed by atoms with E-state index < -0.39 is 5.41 Å². The van der Waals surface area contributed by atoms with Gasteiger partial charge in [-0.3, -0.25) is 0 Å². The molecule has 1 spiro atoms. The predicted molar refractivity (Wildman–Crippen MR) is 231 cm³/mol. The lowest BCUT2D eigenvalue weighted by Gasteiger charge is -2.40. The molecule has 11 rings (SSSR count). The zero-order valence-electron chi connectivity index (χ0n) is 31.3. The van der Waals surface area contributed by atoms with Gasteiger partial charge in [0.15, 0.2) is 5.82 Å². The average Bonchev–Trinajstić information content (AvgIpc) is 3.60. The van der Waals surface area contributed by atoms with Gasteiger partial charge >= 0.3 is 0 Å². The first-order chi connectivity index (χ1) is 28.7. The Bertz CT molecular complexity index is 3090. The third-order valence-corrected chi connectivity index (χ3v) is 11.6. The molecule has 1 atom stereocenters. The van der Waals surface area contributed by atoms with Gasteiger partial charge in [0.05, 0.1) is 28.4 Å². The van der Waals surface area contributed by atoms with Crippen molar-refractivity contribution >= 4 is 0 Å². The molecule has 58 heavy (non-hydrogen) atoms. The first-order valence-electron chi connectivity index (χ1n) is 19.5. The average molecular weight is 740 g/mol. The standard InChI is InChI=1S/C54H33N3O/c55-34-35-28-30-37(31-29-35)41-21-12-26-47-52(41)58-50-27-10-9-24-45(50)54(47)44-23-8-7-20-42(44)51-43(22-13-25-46(51)54)49-33-48(56-53(57-49)38-16-5-2-6-17-38)40-19-11-18-39(32-40)36-14-3-1-4-15-36/h1-33H. The lowest BCUT2D eigenvalue weighted by atomic mass is 9.65. The Balaban J connectivity index is 1.17. The maximum atomic E-state index is 9.55. The largest absolute Gasteiger partial charge is 0.456 e. The fourth-order valence-electron chi connectivity index (χ4n) is 9.07. The maximum absolute atomic E-state index is 9.55. The first-order valence-corrected chi connectivity index (χ1v) is 19.5. The minimum absolute atomic E-state index is 0.620. The summed E-state index contributed by atoms with van der Waals surface area (Å²) in [6.45, 7) is 0. The molecule has 0 N–H and O–H groups in total. The number of hydrogen-bond donors (Lipinski definition) is 0. The Morgan fingerprint density at radius 3 is 1.79 bits per heavy atom. The summed E-state index contributed by atoms with van der Waals surface area (Å²) in [5.74, 6) is 2.30. The number of para-hydroxylation sites is 2. The number of nitriles is 1. The molecule has 2 heterocycles. The van der Waals surface area contributed by atoms with Crippen molar-refractivity contribution in [1.29, 1.82) is 5.26 Å². The van der Waals surface area contributed by atoms with Crippen LogP contribution in [0.25, 0.3) is 67.3 Å². The van der Waals surface area contributed by atoms with E-state index in [1.165, 1.54) is 11.1 Å². The van der Waals surface area contributed by atoms with E-state index in [2.05, 4.69) is 152 Å². The van der Waals surface area contributed by atoms with Crippen molar-refractivity contribution in [2.24, 2.45) is 0 Å². The van der Waals surface area contributed by atoms with Crippen molar-refractivity contribution in [3.8, 4) is 84.9 Å². The number of nitrogens with zero attached hydrogens (tertiary/aromatic N) is 3. The Hall–Kier alpha value is -7.87. The van der Waals surface area contributed by atoms with Gasteiger partial charge in [0.2, 0.25) is 0 Å². The van der Waals surface area contributed by atoms with E-state index in [-0.39, 0.29) is 0 Å². The number of benzene rings is 8. The van der Waals surface area contributed by atoms with Gasteiger partial charge in [-0.1, -0.05) is 170 Å². The molecule has 8 aromatic carbocycles. The van der Waals surface area contributed by atoms with Crippen LogP contribution in [0, 0.1) is 11.3 Å². The van der Waals surface area contributed by atoms with Gasteiger partial charge in [0, 0.05) is 33.4 Å². The van der Waals surface area contributed by atoms with Gasteiger partial charge in [0.25, 0.3) is 0 Å². The minimum atomic E-state index is -0.684. The van der Waals surface area contributed by atoms with Crippen molar-refractivity contribution in [3.05, 3.63) is 228 Å². The van der Waals surface area contributed by atoms with Crippen LogP contribution in [0.1, 0.15) is 27.8 Å². The fourth-order valence-corrected chi connectivity index (χ4v) is 9.07. The normalized spacial score (nSPS) is 14.4. The second-order valence-electron chi connectivity index (χ2n) is 14.8. The number of hydrogen-bond acceptors (Lipinski definition) is 4. The van der Waals surface area contributed by atoms with Gasteiger partial charge in [-0.25, -0.2) is 9.97 Å². The van der Waals surface area contributed by atoms with Crippen LogP contribution in [-0.2, 0) is 5.41 Å². The number of fused-ring (bicyclic) bond motifs is 9. The second kappa shape index (κ2) is 13.4. The quantitative estimate of drug-likeness (QED) is 0.176. The molecular weight excluding hydrogens is 707 g/mol. The van der Waals surface area contributed by atoms with Gasteiger partial charge in [-0.2, -0.15) is 5.26 Å². The Morgan fingerprint density at radius 2 is 1.00 bits per heavy atom. The van der Waals surface area contributed by atoms with E-state index in [1.54, 1.807) is 0 Å². The molecule has 0 saturated heterocycles. The molecular formula is C54H33N3O. The summed E-state index contributed by atoms with van der Waals surface area (Å²) >= 11 is 0. The van der Waals surface area contributed by atoms with Crippen LogP contribution in [0.4, 0.5) is 0 Å². The molecule has 1 aliphatic carbocycles. The Morgan fingerprint density at radius 1 is 0.414 bits per heavy atom. The smallest absolute Gasteiger partial charge is 0.160 e. The summed E-state index contributed by atoms with van der Waals surface area (Å²) in [6.07, 6.45) is 0. The third-order valence-electron chi connectivity index (χ3n) is 11.6. The van der Waals surface area contributed by atoms with Crippen molar-refractivity contribution in [3.63, 3.8) is 0 Å². The molecule has 0 fully saturated rings. The van der Waals surface area contributed by atoms with Gasteiger partial charge < -0.3 is 4.74 Å². The highest BCUT2D eigenvalue weighted by Crippen LogP contribution is 2.64. The van der Waals surface area contributed by atoms with Gasteiger partial charge in [-0.15, -0.1) is 0 Å². The summed E-state index contributed by atoms with van der Waals surface area (Å²) in [5.41, 5.74) is 15.7. The van der Waals surface area contributed by atoms with Crippen LogP contribution in [-0.4, -0.2) is 9.97 Å². The lowest BCUT2D eigenvalue weighted by Crippen LogP contribution is -2.32. The molecule has 1 aromatic heterocycles. The summed E-state index contributed by atoms with van der Waals surface area (Å²) in [7, 11) is 0. The zero-order valence-corrected chi connectivity index (χ0v) is 31.3. The fraction of sp³-hybridized carbons (Fsp3) is 0.0185. The molecule has 9 aromatic rings. The molecule has 4 heteroatoms. The van der Waals surface area contributed by atoms with Crippen LogP contribution in [0.2, 0.25) is 0 Å². The van der Waals surface area contributed by atoms with Crippen molar-refractivity contribution in [2.45, 2.75) is 5.41 Å². The molecule has 1 unspecified atom stereocenters. The Kier molecular flexibility index (Phi) is 7.74. The van der Waals surface area contributed by atoms with Crippen molar-refractivity contribution < 1.29 is 4.74 Å². The van der Waals surface area contributed by atoms with Crippen LogP contribution in [0.5, 0.6) is 11.5 Å². The maximum Gasteiger partial charge on any atom is 0.160 e. The van der Waals surface area contributed by atoms with Crippen molar-refractivity contribution in [2.75, 3.05) is 0 Å².